The minimum absolute atomic E-state index is 0.123. The van der Waals surface area contributed by atoms with Crippen LogP contribution in [-0.4, -0.2) is 38.5 Å². The molecule has 1 aromatic heterocycles. The number of carbonyl (C=O) groups is 1. The van der Waals surface area contributed by atoms with Crippen LogP contribution in [-0.2, 0) is 11.2 Å². The number of carboxylic acid groups (broad SMARTS) is 1. The number of benzene rings is 1. The fourth-order valence-corrected chi connectivity index (χ4v) is 2.26. The molecule has 0 aliphatic rings. The summed E-state index contributed by atoms with van der Waals surface area (Å²) >= 11 is 1.34. The van der Waals surface area contributed by atoms with Gasteiger partial charge in [0.25, 0.3) is 0 Å². The monoisotopic (exact) mass is 293 g/mol. The van der Waals surface area contributed by atoms with Crippen LogP contribution in [0.2, 0.25) is 0 Å². The van der Waals surface area contributed by atoms with Gasteiger partial charge in [-0.25, -0.2) is 4.79 Å². The average Bonchev–Trinajstić information content (AvgIpc) is 2.85. The summed E-state index contributed by atoms with van der Waals surface area (Å²) < 4.78 is 0. The fourth-order valence-electron chi connectivity index (χ4n) is 1.49. The lowest BCUT2D eigenvalue weighted by Gasteiger charge is -2.17. The fraction of sp³-hybridized carbons (Fsp3) is 0.308. The van der Waals surface area contributed by atoms with Crippen LogP contribution < -0.4 is 5.32 Å². The van der Waals surface area contributed by atoms with Crippen LogP contribution in [0.15, 0.2) is 30.3 Å². The van der Waals surface area contributed by atoms with Gasteiger partial charge in [0, 0.05) is 6.42 Å². The number of hydrogen-bond acceptors (Lipinski definition) is 6. The molecule has 2 rings (SSSR count). The third kappa shape index (κ3) is 3.75. The summed E-state index contributed by atoms with van der Waals surface area (Å²) in [6, 6.07) is 9.87. The van der Waals surface area contributed by atoms with E-state index in [1.165, 1.54) is 18.3 Å². The summed E-state index contributed by atoms with van der Waals surface area (Å²) in [4.78, 5) is 10.8. The lowest BCUT2D eigenvalue weighted by molar-refractivity contribution is -0.155. The molecule has 0 aliphatic heterocycles. The Balaban J connectivity index is 1.94. The zero-order valence-corrected chi connectivity index (χ0v) is 11.7. The van der Waals surface area contributed by atoms with E-state index in [1.807, 2.05) is 30.3 Å². The summed E-state index contributed by atoms with van der Waals surface area (Å²) in [6.45, 7) is 1.11. The highest BCUT2D eigenvalue weighted by molar-refractivity contribution is 7.15. The van der Waals surface area contributed by atoms with Crippen LogP contribution >= 0.6 is 11.3 Å². The first kappa shape index (κ1) is 14.4. The molecular weight excluding hydrogens is 278 g/mol. The van der Waals surface area contributed by atoms with Crippen LogP contribution in [0, 0.1) is 0 Å². The maximum absolute atomic E-state index is 10.8. The molecule has 0 spiro atoms. The Kier molecular flexibility index (Phi) is 4.31. The van der Waals surface area contributed by atoms with Crippen molar-refractivity contribution in [3.63, 3.8) is 0 Å². The summed E-state index contributed by atoms with van der Waals surface area (Å²) in [5, 5.41) is 30.5. The third-order valence-electron chi connectivity index (χ3n) is 2.71. The number of carboxylic acids is 1. The Bertz CT molecular complexity index is 584. The quantitative estimate of drug-likeness (QED) is 0.744. The first-order valence-electron chi connectivity index (χ1n) is 6.03. The first-order valence-corrected chi connectivity index (χ1v) is 6.85. The maximum atomic E-state index is 10.8. The van der Waals surface area contributed by atoms with E-state index in [1.54, 1.807) is 0 Å². The van der Waals surface area contributed by atoms with Gasteiger partial charge in [0.2, 0.25) is 5.13 Å². The molecule has 0 aliphatic carbocycles. The average molecular weight is 293 g/mol. The zero-order chi connectivity index (χ0) is 14.6. The minimum Gasteiger partial charge on any atom is -0.479 e. The summed E-state index contributed by atoms with van der Waals surface area (Å²) in [5.41, 5.74) is -0.696. The van der Waals surface area contributed by atoms with Crippen LogP contribution in [0.5, 0.6) is 0 Å². The number of rotatable bonds is 6. The van der Waals surface area contributed by atoms with Crippen molar-refractivity contribution in [1.82, 2.24) is 10.2 Å². The van der Waals surface area contributed by atoms with Gasteiger partial charge in [-0.15, -0.1) is 10.2 Å². The molecule has 7 heteroatoms. The van der Waals surface area contributed by atoms with E-state index in [2.05, 4.69) is 15.5 Å². The van der Waals surface area contributed by atoms with Gasteiger partial charge in [-0.1, -0.05) is 41.7 Å². The summed E-state index contributed by atoms with van der Waals surface area (Å²) in [7, 11) is 0. The molecule has 1 unspecified atom stereocenters. The standard InChI is InChI=1S/C13H15N3O3S/c1-13(19,11(17)18)8-14-12-16-15-10(20-12)7-9-5-3-2-4-6-9/h2-6,19H,7-8H2,1H3,(H,14,16)(H,17,18). The van der Waals surface area contributed by atoms with Crippen molar-refractivity contribution in [3.05, 3.63) is 40.9 Å². The zero-order valence-electron chi connectivity index (χ0n) is 10.9. The number of aliphatic carboxylic acids is 1. The Hall–Kier alpha value is -1.99. The SMILES string of the molecule is CC(O)(CNc1nnc(Cc2ccccc2)s1)C(=O)O. The van der Waals surface area contributed by atoms with Gasteiger partial charge in [-0.05, 0) is 12.5 Å². The molecule has 1 aromatic carbocycles. The van der Waals surface area contributed by atoms with Gasteiger partial charge < -0.3 is 15.5 Å². The van der Waals surface area contributed by atoms with Crippen molar-refractivity contribution in [1.29, 1.82) is 0 Å². The van der Waals surface area contributed by atoms with Crippen molar-refractivity contribution >= 4 is 22.4 Å². The van der Waals surface area contributed by atoms with Gasteiger partial charge in [-0.2, -0.15) is 0 Å². The van der Waals surface area contributed by atoms with E-state index in [-0.39, 0.29) is 6.54 Å². The molecule has 20 heavy (non-hydrogen) atoms. The van der Waals surface area contributed by atoms with Crippen LogP contribution in [0.1, 0.15) is 17.5 Å². The molecule has 106 valence electrons. The van der Waals surface area contributed by atoms with Crippen molar-refractivity contribution in [2.75, 3.05) is 11.9 Å². The number of aromatic nitrogens is 2. The predicted octanol–water partition coefficient (Wildman–Crippen LogP) is 1.38. The molecule has 1 heterocycles. The van der Waals surface area contributed by atoms with E-state index in [9.17, 15) is 9.90 Å². The Morgan fingerprint density at radius 2 is 2.05 bits per heavy atom. The van der Waals surface area contributed by atoms with Crippen molar-refractivity contribution < 1.29 is 15.0 Å². The largest absolute Gasteiger partial charge is 0.479 e. The van der Waals surface area contributed by atoms with Gasteiger partial charge in [0.05, 0.1) is 6.54 Å². The Labute approximate surface area is 120 Å². The summed E-state index contributed by atoms with van der Waals surface area (Å²) in [5.74, 6) is -1.28. The molecule has 0 saturated carbocycles. The highest BCUT2D eigenvalue weighted by atomic mass is 32.1. The number of nitrogens with one attached hydrogen (secondary N) is 1. The Morgan fingerprint density at radius 3 is 2.70 bits per heavy atom. The van der Waals surface area contributed by atoms with Gasteiger partial charge in [-0.3, -0.25) is 0 Å². The second-order valence-electron chi connectivity index (χ2n) is 4.60. The highest BCUT2D eigenvalue weighted by Gasteiger charge is 2.29. The number of aliphatic hydroxyl groups is 1. The first-order chi connectivity index (χ1) is 9.47. The molecule has 1 atom stereocenters. The molecule has 3 N–H and O–H groups in total. The minimum atomic E-state index is -1.83. The molecule has 6 nitrogen and oxygen atoms in total. The number of anilines is 1. The molecule has 0 bridgehead atoms. The Morgan fingerprint density at radius 1 is 1.35 bits per heavy atom. The van der Waals surface area contributed by atoms with E-state index in [4.69, 9.17) is 5.11 Å². The predicted molar refractivity (Wildman–Crippen MR) is 75.9 cm³/mol. The molecule has 0 fully saturated rings. The number of nitrogens with zero attached hydrogens (tertiary/aromatic N) is 2. The van der Waals surface area contributed by atoms with Crippen molar-refractivity contribution in [2.45, 2.75) is 18.9 Å². The lowest BCUT2D eigenvalue weighted by Crippen LogP contribution is -2.41. The maximum Gasteiger partial charge on any atom is 0.337 e. The topological polar surface area (TPSA) is 95.3 Å². The number of hydrogen-bond donors (Lipinski definition) is 3. The second-order valence-corrected chi connectivity index (χ2v) is 5.66. The second kappa shape index (κ2) is 5.98. The van der Waals surface area contributed by atoms with E-state index in [0.29, 0.717) is 11.6 Å². The smallest absolute Gasteiger partial charge is 0.337 e. The van der Waals surface area contributed by atoms with Crippen molar-refractivity contribution in [2.24, 2.45) is 0 Å². The summed E-state index contributed by atoms with van der Waals surface area (Å²) in [6.07, 6.45) is 0.676. The molecule has 0 radical (unpaired) electrons. The molecule has 2 aromatic rings. The van der Waals surface area contributed by atoms with E-state index < -0.39 is 11.6 Å². The molecular formula is C13H15N3O3S. The third-order valence-corrected chi connectivity index (χ3v) is 3.59. The van der Waals surface area contributed by atoms with Crippen LogP contribution in [0.3, 0.4) is 0 Å². The normalized spacial score (nSPS) is 13.7. The van der Waals surface area contributed by atoms with E-state index >= 15 is 0 Å². The van der Waals surface area contributed by atoms with E-state index in [0.717, 1.165) is 10.6 Å². The van der Waals surface area contributed by atoms with Crippen LogP contribution in [0.4, 0.5) is 5.13 Å². The van der Waals surface area contributed by atoms with Crippen LogP contribution in [0.25, 0.3) is 0 Å². The molecule has 0 amide bonds. The van der Waals surface area contributed by atoms with Crippen molar-refractivity contribution in [3.8, 4) is 0 Å². The lowest BCUT2D eigenvalue weighted by atomic mass is 10.1. The van der Waals surface area contributed by atoms with Gasteiger partial charge in [0.15, 0.2) is 5.60 Å². The van der Waals surface area contributed by atoms with Gasteiger partial charge in [0.1, 0.15) is 5.01 Å². The van der Waals surface area contributed by atoms with Gasteiger partial charge >= 0.3 is 5.97 Å². The highest BCUT2D eigenvalue weighted by Crippen LogP contribution is 2.19. The molecule has 0 saturated heterocycles.